The largest absolute Gasteiger partial charge is 0.392 e. The summed E-state index contributed by atoms with van der Waals surface area (Å²) in [5.41, 5.74) is 4.83. The molecule has 2 N–H and O–H groups in total. The van der Waals surface area contributed by atoms with E-state index in [9.17, 15) is 9.90 Å². The molecule has 4 aromatic rings. The third-order valence-corrected chi connectivity index (χ3v) is 8.99. The van der Waals surface area contributed by atoms with Crippen LogP contribution in [0.1, 0.15) is 60.1 Å². The maximum Gasteiger partial charge on any atom is 0.272 e. The molecule has 0 saturated carbocycles. The molecule has 1 heterocycles. The first kappa shape index (κ1) is 32.7. The summed E-state index contributed by atoms with van der Waals surface area (Å²) in [6.45, 7) is 5.28. The Kier molecular flexibility index (Phi) is 10.5. The molecule has 1 fully saturated rings. The standard InChI is InChI=1S/C35H37Cl3N2O4/c1-22-31(20-40(3)23(2)29-17-16-26-6-4-5-7-30(26)18-29)43-33(44-32(22)27-12-10-25(21-41)11-13-27)28-14-8-24(9-15-28)19-39-34(42)35(36,37)38/h4-18,22-23,31-33,41H,19-21H2,1-3H3,(H,39,42). The fourth-order valence-electron chi connectivity index (χ4n) is 5.57. The fraction of sp³-hybridized carbons (Fsp3) is 0.343. The number of benzene rings is 4. The lowest BCUT2D eigenvalue weighted by molar-refractivity contribution is -0.276. The highest BCUT2D eigenvalue weighted by Gasteiger charge is 2.39. The molecule has 0 aliphatic carbocycles. The van der Waals surface area contributed by atoms with Crippen LogP contribution in [0.3, 0.4) is 0 Å². The molecule has 0 aromatic heterocycles. The second-order valence-corrected chi connectivity index (χ2v) is 13.7. The average molecular weight is 656 g/mol. The molecule has 9 heteroatoms. The molecule has 1 aliphatic rings. The Morgan fingerprint density at radius 2 is 1.55 bits per heavy atom. The van der Waals surface area contributed by atoms with Gasteiger partial charge in [-0.2, -0.15) is 0 Å². The number of nitrogens with one attached hydrogen (secondary N) is 1. The normalized spacial score (nSPS) is 21.4. The van der Waals surface area contributed by atoms with E-state index in [2.05, 4.69) is 73.6 Å². The summed E-state index contributed by atoms with van der Waals surface area (Å²) in [5.74, 6) is -0.631. The van der Waals surface area contributed by atoms with Gasteiger partial charge in [0.05, 0.1) is 18.8 Å². The van der Waals surface area contributed by atoms with Crippen LogP contribution >= 0.6 is 34.8 Å². The zero-order valence-corrected chi connectivity index (χ0v) is 27.2. The first-order valence-corrected chi connectivity index (χ1v) is 15.8. The lowest BCUT2D eigenvalue weighted by Crippen LogP contribution is -2.44. The Labute approximate surface area is 273 Å². The molecule has 5 unspecified atom stereocenters. The van der Waals surface area contributed by atoms with E-state index in [4.69, 9.17) is 44.3 Å². The summed E-state index contributed by atoms with van der Waals surface area (Å²) in [6, 6.07) is 30.8. The number of hydrogen-bond acceptors (Lipinski definition) is 5. The molecule has 5 rings (SSSR count). The van der Waals surface area contributed by atoms with Crippen molar-refractivity contribution in [1.82, 2.24) is 10.2 Å². The summed E-state index contributed by atoms with van der Waals surface area (Å²) < 4.78 is 11.3. The van der Waals surface area contributed by atoms with Crippen molar-refractivity contribution in [3.8, 4) is 0 Å². The molecule has 1 aliphatic heterocycles. The summed E-state index contributed by atoms with van der Waals surface area (Å²) in [6.07, 6.45) is -0.959. The summed E-state index contributed by atoms with van der Waals surface area (Å²) in [5, 5.41) is 14.6. The van der Waals surface area contributed by atoms with Crippen LogP contribution in [0.2, 0.25) is 0 Å². The minimum Gasteiger partial charge on any atom is -0.392 e. The van der Waals surface area contributed by atoms with Crippen molar-refractivity contribution in [2.75, 3.05) is 13.6 Å². The van der Waals surface area contributed by atoms with Crippen LogP contribution in [0.25, 0.3) is 10.8 Å². The predicted octanol–water partition coefficient (Wildman–Crippen LogP) is 7.80. The van der Waals surface area contributed by atoms with Crippen LogP contribution in [0.5, 0.6) is 0 Å². The minimum absolute atomic E-state index is 0.0123. The smallest absolute Gasteiger partial charge is 0.272 e. The summed E-state index contributed by atoms with van der Waals surface area (Å²) >= 11 is 17.0. The number of fused-ring (bicyclic) bond motifs is 1. The number of likely N-dealkylation sites (N-methyl/N-ethyl adjacent to an activating group) is 1. The molecular formula is C35H37Cl3N2O4. The maximum absolute atomic E-state index is 11.9. The van der Waals surface area contributed by atoms with Gasteiger partial charge in [0.25, 0.3) is 9.70 Å². The number of ether oxygens (including phenoxy) is 2. The molecule has 44 heavy (non-hydrogen) atoms. The number of hydrogen-bond donors (Lipinski definition) is 2. The van der Waals surface area contributed by atoms with Gasteiger partial charge in [-0.3, -0.25) is 9.69 Å². The maximum atomic E-state index is 11.9. The van der Waals surface area contributed by atoms with Crippen molar-refractivity contribution in [2.45, 2.75) is 55.3 Å². The lowest BCUT2D eigenvalue weighted by Gasteiger charge is -2.43. The van der Waals surface area contributed by atoms with Crippen molar-refractivity contribution in [1.29, 1.82) is 0 Å². The van der Waals surface area contributed by atoms with E-state index in [1.54, 1.807) is 0 Å². The Bertz CT molecular complexity index is 1560. The van der Waals surface area contributed by atoms with Crippen LogP contribution in [-0.4, -0.2) is 39.4 Å². The van der Waals surface area contributed by atoms with E-state index in [1.807, 2.05) is 48.5 Å². The van der Waals surface area contributed by atoms with Gasteiger partial charge in [-0.15, -0.1) is 0 Å². The molecule has 6 nitrogen and oxygen atoms in total. The van der Waals surface area contributed by atoms with E-state index >= 15 is 0 Å². The number of carbonyl (C=O) groups is 1. The highest BCUT2D eigenvalue weighted by atomic mass is 35.6. The third kappa shape index (κ3) is 7.75. The number of halogens is 3. The Morgan fingerprint density at radius 1 is 0.909 bits per heavy atom. The zero-order chi connectivity index (χ0) is 31.4. The molecule has 1 amide bonds. The van der Waals surface area contributed by atoms with Gasteiger partial charge in [-0.1, -0.05) is 127 Å². The van der Waals surface area contributed by atoms with Crippen molar-refractivity contribution in [3.05, 3.63) is 119 Å². The first-order chi connectivity index (χ1) is 21.0. The fourth-order valence-corrected chi connectivity index (χ4v) is 5.77. The monoisotopic (exact) mass is 654 g/mol. The quantitative estimate of drug-likeness (QED) is 0.180. The summed E-state index contributed by atoms with van der Waals surface area (Å²) in [7, 11) is 2.13. The topological polar surface area (TPSA) is 71.0 Å². The molecule has 1 saturated heterocycles. The van der Waals surface area contributed by atoms with Crippen LogP contribution in [0, 0.1) is 5.92 Å². The number of alkyl halides is 3. The zero-order valence-electron chi connectivity index (χ0n) is 24.9. The highest BCUT2D eigenvalue weighted by molar-refractivity contribution is 6.76. The summed E-state index contributed by atoms with van der Waals surface area (Å²) in [4.78, 5) is 14.3. The van der Waals surface area contributed by atoms with E-state index < -0.39 is 16.0 Å². The van der Waals surface area contributed by atoms with Crippen molar-refractivity contribution >= 4 is 51.5 Å². The number of amides is 1. The Hall–Kier alpha value is -2.68. The molecular weight excluding hydrogens is 619 g/mol. The Balaban J connectivity index is 1.35. The number of rotatable bonds is 9. The van der Waals surface area contributed by atoms with Crippen LogP contribution in [0.4, 0.5) is 0 Å². The second-order valence-electron chi connectivity index (χ2n) is 11.5. The highest BCUT2D eigenvalue weighted by Crippen LogP contribution is 2.42. The van der Waals surface area contributed by atoms with E-state index in [0.717, 1.165) is 22.3 Å². The van der Waals surface area contributed by atoms with Crippen LogP contribution in [-0.2, 0) is 27.4 Å². The van der Waals surface area contributed by atoms with Gasteiger partial charge < -0.3 is 19.9 Å². The van der Waals surface area contributed by atoms with Gasteiger partial charge >= 0.3 is 0 Å². The van der Waals surface area contributed by atoms with E-state index in [-0.39, 0.29) is 37.3 Å². The number of carbonyl (C=O) groups excluding carboxylic acids is 1. The number of aliphatic hydroxyl groups excluding tert-OH is 1. The molecule has 0 spiro atoms. The first-order valence-electron chi connectivity index (χ1n) is 14.7. The minimum atomic E-state index is -2.02. The van der Waals surface area contributed by atoms with Gasteiger partial charge in [-0.05, 0) is 53.1 Å². The van der Waals surface area contributed by atoms with Crippen LogP contribution in [0.15, 0.2) is 91.0 Å². The number of nitrogens with zero attached hydrogens (tertiary/aromatic N) is 1. The van der Waals surface area contributed by atoms with Gasteiger partial charge in [-0.25, -0.2) is 0 Å². The van der Waals surface area contributed by atoms with Crippen molar-refractivity contribution in [3.63, 3.8) is 0 Å². The average Bonchev–Trinajstić information content (AvgIpc) is 3.03. The molecule has 0 bridgehead atoms. The third-order valence-electron chi connectivity index (χ3n) is 8.47. The predicted molar refractivity (Wildman–Crippen MR) is 177 cm³/mol. The van der Waals surface area contributed by atoms with Gasteiger partial charge in [0.1, 0.15) is 0 Å². The lowest BCUT2D eigenvalue weighted by atomic mass is 9.89. The number of aliphatic hydroxyl groups is 1. The van der Waals surface area contributed by atoms with Crippen molar-refractivity contribution in [2.24, 2.45) is 5.92 Å². The van der Waals surface area contributed by atoms with Gasteiger partial charge in [0.15, 0.2) is 6.29 Å². The van der Waals surface area contributed by atoms with Crippen molar-refractivity contribution < 1.29 is 19.4 Å². The Morgan fingerprint density at radius 3 is 2.20 bits per heavy atom. The van der Waals surface area contributed by atoms with E-state index in [1.165, 1.54) is 16.3 Å². The van der Waals surface area contributed by atoms with Crippen LogP contribution < -0.4 is 5.32 Å². The molecule has 4 aromatic carbocycles. The SMILES string of the molecule is CC1C(CN(C)C(C)c2ccc3ccccc3c2)OC(c2ccc(CNC(=O)C(Cl)(Cl)Cl)cc2)OC1c1ccc(CO)cc1. The van der Waals surface area contributed by atoms with E-state index in [0.29, 0.717) is 6.54 Å². The molecule has 0 radical (unpaired) electrons. The molecule has 5 atom stereocenters. The van der Waals surface area contributed by atoms with Gasteiger partial charge in [0, 0.05) is 30.6 Å². The van der Waals surface area contributed by atoms with Gasteiger partial charge in [0.2, 0.25) is 0 Å². The second kappa shape index (κ2) is 14.2. The molecule has 232 valence electrons.